The molecule has 0 saturated heterocycles. The van der Waals surface area contributed by atoms with Crippen molar-refractivity contribution in [1.29, 1.82) is 0 Å². The van der Waals surface area contributed by atoms with Gasteiger partial charge in [0.2, 0.25) is 0 Å². The molecule has 0 spiro atoms. The molecule has 0 bridgehead atoms. The van der Waals surface area contributed by atoms with Crippen molar-refractivity contribution in [2.45, 2.75) is 51.6 Å². The van der Waals surface area contributed by atoms with E-state index < -0.39 is 0 Å². The molecular weight excluding hydrogens is 348 g/mol. The average molecular weight is 375 g/mol. The van der Waals surface area contributed by atoms with Crippen molar-refractivity contribution in [3.8, 4) is 11.5 Å². The predicted molar refractivity (Wildman–Crippen MR) is 103 cm³/mol. The van der Waals surface area contributed by atoms with Crippen LogP contribution in [0.4, 0.5) is 0 Å². The van der Waals surface area contributed by atoms with Gasteiger partial charge in [0.25, 0.3) is 5.91 Å². The number of thiazole rings is 1. The molecule has 6 heteroatoms. The number of methoxy groups -OCH3 is 2. The molecule has 0 atom stereocenters. The Hall–Kier alpha value is -2.08. The molecular formula is C20H26N2O3S. The zero-order valence-electron chi connectivity index (χ0n) is 15.7. The summed E-state index contributed by atoms with van der Waals surface area (Å²) in [5, 5.41) is 2.77. The quantitative estimate of drug-likeness (QED) is 0.750. The van der Waals surface area contributed by atoms with Gasteiger partial charge in [-0.25, -0.2) is 4.98 Å². The van der Waals surface area contributed by atoms with Gasteiger partial charge in [0.15, 0.2) is 0 Å². The first kappa shape index (κ1) is 18.7. The van der Waals surface area contributed by atoms with Crippen LogP contribution >= 0.6 is 11.3 Å². The third kappa shape index (κ3) is 4.18. The first-order valence-electron chi connectivity index (χ1n) is 9.06. The molecule has 0 aliphatic heterocycles. The normalized spacial score (nSPS) is 14.9. The number of hydrogen-bond acceptors (Lipinski definition) is 5. The summed E-state index contributed by atoms with van der Waals surface area (Å²) < 4.78 is 10.9. The lowest BCUT2D eigenvalue weighted by atomic mass is 9.93. The van der Waals surface area contributed by atoms with E-state index in [2.05, 4.69) is 4.98 Å². The molecule has 2 aromatic rings. The van der Waals surface area contributed by atoms with E-state index in [1.807, 2.05) is 35.4 Å². The minimum absolute atomic E-state index is 0.00567. The van der Waals surface area contributed by atoms with Gasteiger partial charge in [0.1, 0.15) is 17.2 Å². The van der Waals surface area contributed by atoms with Gasteiger partial charge in [-0.2, -0.15) is 0 Å². The second-order valence-electron chi connectivity index (χ2n) is 6.65. The topological polar surface area (TPSA) is 51.7 Å². The molecule has 1 aliphatic rings. The predicted octanol–water partition coefficient (Wildman–Crippen LogP) is 4.44. The second-order valence-corrected chi connectivity index (χ2v) is 7.72. The lowest BCUT2D eigenvalue weighted by Gasteiger charge is -2.34. The highest BCUT2D eigenvalue weighted by atomic mass is 32.1. The largest absolute Gasteiger partial charge is 0.497 e. The number of benzene rings is 1. The van der Waals surface area contributed by atoms with Crippen molar-refractivity contribution in [3.05, 3.63) is 39.8 Å². The smallest absolute Gasteiger partial charge is 0.273 e. The number of aromatic nitrogens is 1. The van der Waals surface area contributed by atoms with Crippen LogP contribution in [0.15, 0.2) is 23.6 Å². The van der Waals surface area contributed by atoms with Crippen LogP contribution in [0.3, 0.4) is 0 Å². The molecule has 0 radical (unpaired) electrons. The summed E-state index contributed by atoms with van der Waals surface area (Å²) in [6, 6.07) is 5.96. The molecule has 1 amide bonds. The molecule has 1 aromatic carbocycles. The van der Waals surface area contributed by atoms with Crippen molar-refractivity contribution in [2.24, 2.45) is 0 Å². The second kappa shape index (κ2) is 8.54. The first-order chi connectivity index (χ1) is 12.6. The summed E-state index contributed by atoms with van der Waals surface area (Å²) in [5.41, 5.74) is 1.50. The van der Waals surface area contributed by atoms with Crippen LogP contribution in [0.1, 0.15) is 53.2 Å². The number of hydrogen-bond donors (Lipinski definition) is 0. The van der Waals surface area contributed by atoms with Crippen LogP contribution in [0, 0.1) is 6.92 Å². The summed E-state index contributed by atoms with van der Waals surface area (Å²) >= 11 is 1.51. The molecule has 1 aromatic heterocycles. The van der Waals surface area contributed by atoms with E-state index in [-0.39, 0.29) is 11.9 Å². The van der Waals surface area contributed by atoms with Crippen LogP contribution < -0.4 is 9.47 Å². The summed E-state index contributed by atoms with van der Waals surface area (Å²) in [4.78, 5) is 19.6. The summed E-state index contributed by atoms with van der Waals surface area (Å²) in [7, 11) is 3.30. The maximum absolute atomic E-state index is 13.2. The molecule has 3 rings (SSSR count). The molecule has 26 heavy (non-hydrogen) atoms. The SMILES string of the molecule is COc1ccc(OC)c(CN(C(=O)c2csc(C)n2)C2CCCCC2)c1. The molecule has 1 saturated carbocycles. The summed E-state index contributed by atoms with van der Waals surface area (Å²) in [6.45, 7) is 2.43. The van der Waals surface area contributed by atoms with Gasteiger partial charge in [-0.1, -0.05) is 19.3 Å². The number of ether oxygens (including phenoxy) is 2. The number of rotatable bonds is 6. The van der Waals surface area contributed by atoms with Crippen molar-refractivity contribution in [2.75, 3.05) is 14.2 Å². The van der Waals surface area contributed by atoms with Gasteiger partial charge in [-0.15, -0.1) is 11.3 Å². The number of aryl methyl sites for hydroxylation is 1. The van der Waals surface area contributed by atoms with Gasteiger partial charge in [-0.05, 0) is 38.0 Å². The lowest BCUT2D eigenvalue weighted by Crippen LogP contribution is -2.41. The Bertz CT molecular complexity index is 753. The van der Waals surface area contributed by atoms with E-state index in [9.17, 15) is 4.79 Å². The molecule has 5 nitrogen and oxygen atoms in total. The fourth-order valence-electron chi connectivity index (χ4n) is 3.56. The van der Waals surface area contributed by atoms with Crippen LogP contribution in [-0.4, -0.2) is 36.1 Å². The monoisotopic (exact) mass is 374 g/mol. The van der Waals surface area contributed by atoms with Gasteiger partial charge in [-0.3, -0.25) is 4.79 Å². The van der Waals surface area contributed by atoms with Crippen LogP contribution in [0.2, 0.25) is 0 Å². The van der Waals surface area contributed by atoms with Crippen LogP contribution in [0.5, 0.6) is 11.5 Å². The maximum Gasteiger partial charge on any atom is 0.273 e. The van der Waals surface area contributed by atoms with Crippen LogP contribution in [0.25, 0.3) is 0 Å². The van der Waals surface area contributed by atoms with E-state index >= 15 is 0 Å². The first-order valence-corrected chi connectivity index (χ1v) is 9.94. The highest BCUT2D eigenvalue weighted by Gasteiger charge is 2.28. The van der Waals surface area contributed by atoms with Gasteiger partial charge in [0.05, 0.1) is 25.8 Å². The fourth-order valence-corrected chi connectivity index (χ4v) is 4.14. The van der Waals surface area contributed by atoms with Crippen molar-refractivity contribution in [1.82, 2.24) is 9.88 Å². The lowest BCUT2D eigenvalue weighted by molar-refractivity contribution is 0.0607. The average Bonchev–Trinajstić information content (AvgIpc) is 3.12. The number of amides is 1. The van der Waals surface area contributed by atoms with Gasteiger partial charge < -0.3 is 14.4 Å². The number of carbonyl (C=O) groups is 1. The zero-order chi connectivity index (χ0) is 18.5. The Labute approximate surface area is 159 Å². The Morgan fingerprint density at radius 1 is 1.23 bits per heavy atom. The summed E-state index contributed by atoms with van der Waals surface area (Å²) in [6.07, 6.45) is 5.67. The molecule has 1 heterocycles. The van der Waals surface area contributed by atoms with E-state index in [1.165, 1.54) is 30.6 Å². The highest BCUT2D eigenvalue weighted by molar-refractivity contribution is 7.09. The molecule has 1 aliphatic carbocycles. The Kier molecular flexibility index (Phi) is 6.14. The molecule has 1 fully saturated rings. The third-order valence-electron chi connectivity index (χ3n) is 4.94. The molecule has 140 valence electrons. The Balaban J connectivity index is 1.91. The van der Waals surface area contributed by atoms with E-state index in [1.54, 1.807) is 14.2 Å². The van der Waals surface area contributed by atoms with Crippen molar-refractivity contribution >= 4 is 17.2 Å². The fraction of sp³-hybridized carbons (Fsp3) is 0.500. The zero-order valence-corrected chi connectivity index (χ0v) is 16.5. The van der Waals surface area contributed by atoms with Crippen LogP contribution in [-0.2, 0) is 6.54 Å². The minimum Gasteiger partial charge on any atom is -0.497 e. The van der Waals surface area contributed by atoms with Crippen molar-refractivity contribution < 1.29 is 14.3 Å². The van der Waals surface area contributed by atoms with Gasteiger partial charge in [0, 0.05) is 17.0 Å². The minimum atomic E-state index is 0.00567. The van der Waals surface area contributed by atoms with E-state index in [4.69, 9.17) is 9.47 Å². The maximum atomic E-state index is 13.2. The third-order valence-corrected chi connectivity index (χ3v) is 5.72. The Morgan fingerprint density at radius 2 is 2.00 bits per heavy atom. The molecule has 0 unspecified atom stereocenters. The Morgan fingerprint density at radius 3 is 2.62 bits per heavy atom. The molecule has 0 N–H and O–H groups in total. The van der Waals surface area contributed by atoms with Gasteiger partial charge >= 0.3 is 0 Å². The summed E-state index contributed by atoms with van der Waals surface area (Å²) in [5.74, 6) is 1.54. The number of nitrogens with zero attached hydrogens (tertiary/aromatic N) is 2. The number of carbonyl (C=O) groups excluding carboxylic acids is 1. The van der Waals surface area contributed by atoms with E-state index in [0.29, 0.717) is 12.2 Å². The van der Waals surface area contributed by atoms with E-state index in [0.717, 1.165) is 34.9 Å². The standard InChI is InChI=1S/C20H26N2O3S/c1-14-21-18(13-26-14)20(23)22(16-7-5-4-6-8-16)12-15-11-17(24-2)9-10-19(15)25-3/h9-11,13,16H,4-8,12H2,1-3H3. The highest BCUT2D eigenvalue weighted by Crippen LogP contribution is 2.30. The van der Waals surface area contributed by atoms with Crippen molar-refractivity contribution in [3.63, 3.8) is 0 Å².